The smallest absolute Gasteiger partial charge is 0.253 e. The van der Waals surface area contributed by atoms with Crippen LogP contribution in [0.25, 0.3) is 0 Å². The Morgan fingerprint density at radius 2 is 1.69 bits per heavy atom. The molecule has 0 aliphatic carbocycles. The van der Waals surface area contributed by atoms with Crippen molar-refractivity contribution in [2.24, 2.45) is 5.92 Å². The maximum atomic E-state index is 13.0. The molecule has 2 amide bonds. The first-order valence-corrected chi connectivity index (χ1v) is 10.9. The van der Waals surface area contributed by atoms with Crippen LogP contribution in [0.3, 0.4) is 0 Å². The van der Waals surface area contributed by atoms with Gasteiger partial charge in [-0.2, -0.15) is 0 Å². The van der Waals surface area contributed by atoms with Crippen LogP contribution in [0.15, 0.2) is 36.4 Å². The number of ketones is 1. The normalized spacial score (nSPS) is 18.1. The molecule has 0 radical (unpaired) electrons. The molecule has 2 aromatic carbocycles. The van der Waals surface area contributed by atoms with E-state index in [1.165, 1.54) is 0 Å². The minimum absolute atomic E-state index is 0.0774. The van der Waals surface area contributed by atoms with Crippen molar-refractivity contribution >= 4 is 29.0 Å². The molecule has 0 aromatic heterocycles. The average molecular weight is 435 g/mol. The van der Waals surface area contributed by atoms with Gasteiger partial charge in [0.25, 0.3) is 5.91 Å². The van der Waals surface area contributed by atoms with Crippen molar-refractivity contribution in [3.8, 4) is 11.5 Å². The number of benzene rings is 2. The van der Waals surface area contributed by atoms with Crippen LogP contribution in [0, 0.1) is 5.92 Å². The topological polar surface area (TPSA) is 88.2 Å². The number of rotatable bonds is 3. The zero-order valence-electron chi connectivity index (χ0n) is 17.9. The first-order valence-electron chi connectivity index (χ1n) is 10.9. The summed E-state index contributed by atoms with van der Waals surface area (Å²) < 4.78 is 11.1. The molecule has 1 fully saturated rings. The number of fused-ring (bicyclic) bond motifs is 2. The Labute approximate surface area is 186 Å². The summed E-state index contributed by atoms with van der Waals surface area (Å²) in [5.74, 6) is 1.05. The number of nitrogens with zero attached hydrogens (tertiary/aromatic N) is 2. The number of likely N-dealkylation sites (tertiary alicyclic amines) is 1. The van der Waals surface area contributed by atoms with E-state index in [-0.39, 0.29) is 23.5 Å². The number of likely N-dealkylation sites (N-methyl/N-ethyl adjacent to an activating group) is 1. The number of Topliss-reactive ketones (excluding diaryl/α,β-unsaturated/α-hetero) is 1. The molecule has 5 rings (SSSR count). The molecule has 0 spiro atoms. The van der Waals surface area contributed by atoms with Crippen LogP contribution < -0.4 is 19.7 Å². The number of carbonyl (C=O) groups excluding carboxylic acids is 3. The number of piperidine rings is 1. The van der Waals surface area contributed by atoms with Crippen molar-refractivity contribution in [1.82, 2.24) is 4.90 Å². The molecule has 3 aliphatic rings. The highest BCUT2D eigenvalue weighted by Crippen LogP contribution is 2.33. The van der Waals surface area contributed by atoms with Gasteiger partial charge in [-0.15, -0.1) is 0 Å². The molecule has 8 heteroatoms. The monoisotopic (exact) mass is 435 g/mol. The Hall–Kier alpha value is -3.55. The van der Waals surface area contributed by atoms with Crippen LogP contribution in [0.1, 0.15) is 33.6 Å². The molecular formula is C24H25N3O5. The van der Waals surface area contributed by atoms with Crippen molar-refractivity contribution < 1.29 is 23.9 Å². The summed E-state index contributed by atoms with van der Waals surface area (Å²) in [6, 6.07) is 10.7. The average Bonchev–Trinajstić information content (AvgIpc) is 2.82. The fourth-order valence-corrected chi connectivity index (χ4v) is 4.55. The highest BCUT2D eigenvalue weighted by Gasteiger charge is 2.30. The summed E-state index contributed by atoms with van der Waals surface area (Å²) in [7, 11) is 1.85. The van der Waals surface area contributed by atoms with Gasteiger partial charge in [0.05, 0.1) is 17.9 Å². The van der Waals surface area contributed by atoms with E-state index in [1.54, 1.807) is 35.2 Å². The second-order valence-corrected chi connectivity index (χ2v) is 8.43. The van der Waals surface area contributed by atoms with Crippen molar-refractivity contribution in [2.75, 3.05) is 50.1 Å². The molecule has 166 valence electrons. The third-order valence-electron chi connectivity index (χ3n) is 6.29. The molecule has 0 bridgehead atoms. The lowest BCUT2D eigenvalue weighted by Gasteiger charge is -2.32. The minimum atomic E-state index is -0.127. The van der Waals surface area contributed by atoms with Gasteiger partial charge in [-0.25, -0.2) is 0 Å². The lowest BCUT2D eigenvalue weighted by Crippen LogP contribution is -2.40. The third-order valence-corrected chi connectivity index (χ3v) is 6.29. The van der Waals surface area contributed by atoms with E-state index >= 15 is 0 Å². The number of ether oxygens (including phenoxy) is 2. The SMILES string of the molecule is CN1CC(=O)Nc2cc(C(=O)N3CCC(C(=O)c4ccc5c(c4)OCCO5)CC3)ccc21. The minimum Gasteiger partial charge on any atom is -0.486 e. The lowest BCUT2D eigenvalue weighted by atomic mass is 9.88. The summed E-state index contributed by atoms with van der Waals surface area (Å²) >= 11 is 0. The summed E-state index contributed by atoms with van der Waals surface area (Å²) in [4.78, 5) is 41.5. The van der Waals surface area contributed by atoms with Crippen molar-refractivity contribution in [1.29, 1.82) is 0 Å². The number of hydrogen-bond donors (Lipinski definition) is 1. The van der Waals surface area contributed by atoms with Crippen molar-refractivity contribution in [2.45, 2.75) is 12.8 Å². The van der Waals surface area contributed by atoms with Crippen LogP contribution in [-0.4, -0.2) is 62.4 Å². The molecule has 3 heterocycles. The van der Waals surface area contributed by atoms with Crippen molar-refractivity contribution in [3.05, 3.63) is 47.5 Å². The molecule has 1 N–H and O–H groups in total. The zero-order valence-corrected chi connectivity index (χ0v) is 17.9. The Morgan fingerprint density at radius 3 is 2.47 bits per heavy atom. The lowest BCUT2D eigenvalue weighted by molar-refractivity contribution is -0.115. The second kappa shape index (κ2) is 8.18. The maximum absolute atomic E-state index is 13.0. The quantitative estimate of drug-likeness (QED) is 0.746. The van der Waals surface area contributed by atoms with E-state index in [0.717, 1.165) is 5.69 Å². The Bertz CT molecular complexity index is 1090. The highest BCUT2D eigenvalue weighted by atomic mass is 16.6. The van der Waals surface area contributed by atoms with Gasteiger partial charge >= 0.3 is 0 Å². The standard InChI is InChI=1S/C24H25N3O5/c1-26-14-22(28)25-18-12-17(2-4-19(18)26)24(30)27-8-6-15(7-9-27)23(29)16-3-5-20-21(13-16)32-11-10-31-20/h2-5,12-13,15H,6-11,14H2,1H3,(H,25,28). The van der Waals surface area contributed by atoms with Crippen LogP contribution >= 0.6 is 0 Å². The molecule has 0 unspecified atom stereocenters. The maximum Gasteiger partial charge on any atom is 0.253 e. The number of amides is 2. The van der Waals surface area contributed by atoms with Gasteiger partial charge in [0.15, 0.2) is 17.3 Å². The summed E-state index contributed by atoms with van der Waals surface area (Å²) in [5, 5.41) is 2.84. The number of carbonyl (C=O) groups is 3. The third kappa shape index (κ3) is 3.77. The second-order valence-electron chi connectivity index (χ2n) is 8.43. The van der Waals surface area contributed by atoms with E-state index in [2.05, 4.69) is 5.32 Å². The zero-order chi connectivity index (χ0) is 22.2. The molecule has 1 saturated heterocycles. The Kier molecular flexibility index (Phi) is 5.20. The van der Waals surface area contributed by atoms with E-state index in [9.17, 15) is 14.4 Å². The first-order chi connectivity index (χ1) is 15.5. The van der Waals surface area contributed by atoms with Gasteiger partial charge in [-0.3, -0.25) is 14.4 Å². The van der Waals surface area contributed by atoms with E-state index in [4.69, 9.17) is 9.47 Å². The first kappa shape index (κ1) is 20.4. The predicted octanol–water partition coefficient (Wildman–Crippen LogP) is 2.58. The molecule has 3 aliphatic heterocycles. The van der Waals surface area contributed by atoms with Crippen LogP contribution in [0.4, 0.5) is 11.4 Å². The molecule has 0 atom stereocenters. The van der Waals surface area contributed by atoms with Crippen LogP contribution in [0.5, 0.6) is 11.5 Å². The van der Waals surface area contributed by atoms with Gasteiger partial charge in [-0.1, -0.05) is 0 Å². The fourth-order valence-electron chi connectivity index (χ4n) is 4.55. The Balaban J connectivity index is 1.24. The number of nitrogens with one attached hydrogen (secondary N) is 1. The predicted molar refractivity (Wildman–Crippen MR) is 119 cm³/mol. The van der Waals surface area contributed by atoms with Gasteiger partial charge in [0.2, 0.25) is 5.91 Å². The summed E-state index contributed by atoms with van der Waals surface area (Å²) in [6.07, 6.45) is 1.23. The van der Waals surface area contributed by atoms with Crippen LogP contribution in [0.2, 0.25) is 0 Å². The summed E-state index contributed by atoms with van der Waals surface area (Å²) in [5.41, 5.74) is 2.70. The fraction of sp³-hybridized carbons (Fsp3) is 0.375. The molecule has 32 heavy (non-hydrogen) atoms. The van der Waals surface area contributed by atoms with E-state index in [0.29, 0.717) is 74.0 Å². The van der Waals surface area contributed by atoms with Crippen molar-refractivity contribution in [3.63, 3.8) is 0 Å². The van der Waals surface area contributed by atoms with Gasteiger partial charge < -0.3 is 24.6 Å². The summed E-state index contributed by atoms with van der Waals surface area (Å²) in [6.45, 7) is 2.32. The van der Waals surface area contributed by atoms with E-state index < -0.39 is 0 Å². The molecule has 8 nitrogen and oxygen atoms in total. The molecular weight excluding hydrogens is 410 g/mol. The number of hydrogen-bond acceptors (Lipinski definition) is 6. The van der Waals surface area contributed by atoms with Gasteiger partial charge in [0, 0.05) is 37.2 Å². The van der Waals surface area contributed by atoms with E-state index in [1.807, 2.05) is 18.0 Å². The van der Waals surface area contributed by atoms with Gasteiger partial charge in [-0.05, 0) is 49.2 Å². The number of anilines is 2. The van der Waals surface area contributed by atoms with Crippen LogP contribution in [-0.2, 0) is 4.79 Å². The largest absolute Gasteiger partial charge is 0.486 e. The molecule has 0 saturated carbocycles. The Morgan fingerprint density at radius 1 is 0.969 bits per heavy atom. The van der Waals surface area contributed by atoms with Gasteiger partial charge in [0.1, 0.15) is 13.2 Å². The molecule has 2 aromatic rings. The highest BCUT2D eigenvalue weighted by molar-refractivity contribution is 6.04.